The van der Waals surface area contributed by atoms with E-state index in [-0.39, 0.29) is 22.5 Å². The summed E-state index contributed by atoms with van der Waals surface area (Å²) < 4.78 is 0. The van der Waals surface area contributed by atoms with E-state index in [1.807, 2.05) is 6.08 Å². The highest BCUT2D eigenvalue weighted by atomic mass is 16.1. The molecule has 2 saturated carbocycles. The van der Waals surface area contributed by atoms with Gasteiger partial charge in [0.25, 0.3) is 0 Å². The lowest BCUT2D eigenvalue weighted by Crippen LogP contribution is -2.50. The Balaban J connectivity index is 0.937. The summed E-state index contributed by atoms with van der Waals surface area (Å²) in [5.41, 5.74) is 2.68. The molecule has 3 aliphatic heterocycles. The Morgan fingerprint density at radius 2 is 1.52 bits per heavy atom. The van der Waals surface area contributed by atoms with Gasteiger partial charge in [-0.2, -0.15) is 9.97 Å². The first-order chi connectivity index (χ1) is 22.2. The van der Waals surface area contributed by atoms with E-state index in [0.29, 0.717) is 30.1 Å². The summed E-state index contributed by atoms with van der Waals surface area (Å²) in [6.07, 6.45) is 17.5. The molecule has 6 atom stereocenters. The second kappa shape index (κ2) is 11.6. The van der Waals surface area contributed by atoms with Gasteiger partial charge in [0.15, 0.2) is 5.78 Å². The Bertz CT molecular complexity index is 1450. The Hall–Kier alpha value is -3.00. The number of fused-ring (bicyclic) bond motifs is 5. The molecule has 8 heteroatoms. The lowest BCUT2D eigenvalue weighted by Gasteiger charge is -2.54. The maximum absolute atomic E-state index is 14.1. The van der Waals surface area contributed by atoms with E-state index in [1.54, 1.807) is 6.08 Å². The maximum Gasteiger partial charge on any atom is 0.229 e. The summed E-state index contributed by atoms with van der Waals surface area (Å²) in [7, 11) is 0. The first-order valence-electron chi connectivity index (χ1n) is 18.3. The van der Waals surface area contributed by atoms with Crippen LogP contribution in [-0.2, 0) is 9.59 Å². The third-order valence-corrected chi connectivity index (χ3v) is 13.2. The number of carbonyl (C=O) groups excluding carboxylic acids is 2. The lowest BCUT2D eigenvalue weighted by molar-refractivity contribution is -0.128. The van der Waals surface area contributed by atoms with Gasteiger partial charge in [-0.25, -0.2) is 0 Å². The van der Waals surface area contributed by atoms with Gasteiger partial charge in [-0.15, -0.1) is 0 Å². The molecule has 3 saturated heterocycles. The summed E-state index contributed by atoms with van der Waals surface area (Å²) in [6, 6.07) is 2.21. The molecule has 0 aromatic carbocycles. The highest BCUT2D eigenvalue weighted by Gasteiger charge is 2.58. The minimum absolute atomic E-state index is 0.0253. The number of hydrogen-bond acceptors (Lipinski definition) is 8. The molecule has 0 spiro atoms. The van der Waals surface area contributed by atoms with E-state index < -0.39 is 0 Å². The van der Waals surface area contributed by atoms with E-state index >= 15 is 0 Å². The molecule has 1 aromatic rings. The molecule has 8 rings (SSSR count). The van der Waals surface area contributed by atoms with Crippen LogP contribution in [0.15, 0.2) is 41.5 Å². The van der Waals surface area contributed by atoms with Crippen LogP contribution in [0.5, 0.6) is 0 Å². The molecule has 0 bridgehead atoms. The summed E-state index contributed by atoms with van der Waals surface area (Å²) in [4.78, 5) is 46.1. The van der Waals surface area contributed by atoms with Gasteiger partial charge < -0.3 is 14.7 Å². The number of hydrogen-bond donors (Lipinski definition) is 0. The predicted octanol–water partition coefficient (Wildman–Crippen LogP) is 5.46. The van der Waals surface area contributed by atoms with Gasteiger partial charge in [0.1, 0.15) is 17.4 Å². The number of Topliss-reactive ketones (excluding diaryl/α,β-unsaturated/α-hetero) is 1. The van der Waals surface area contributed by atoms with Crippen molar-refractivity contribution in [2.24, 2.45) is 34.5 Å². The molecule has 246 valence electrons. The Morgan fingerprint density at radius 3 is 2.22 bits per heavy atom. The number of rotatable bonds is 6. The molecule has 0 unspecified atom stereocenters. The van der Waals surface area contributed by atoms with E-state index in [1.165, 1.54) is 36.8 Å². The Morgan fingerprint density at radius 1 is 0.870 bits per heavy atom. The van der Waals surface area contributed by atoms with E-state index in [9.17, 15) is 9.59 Å². The molecule has 8 nitrogen and oxygen atoms in total. The molecule has 4 aliphatic carbocycles. The van der Waals surface area contributed by atoms with Crippen molar-refractivity contribution in [1.82, 2.24) is 14.9 Å². The zero-order valence-electron chi connectivity index (χ0n) is 28.2. The molecule has 4 heterocycles. The van der Waals surface area contributed by atoms with Crippen LogP contribution >= 0.6 is 0 Å². The van der Waals surface area contributed by atoms with Crippen molar-refractivity contribution in [2.75, 3.05) is 73.6 Å². The fourth-order valence-electron chi connectivity index (χ4n) is 10.7. The quantitative estimate of drug-likeness (QED) is 0.387. The number of allylic oxidation sites excluding steroid dienone is 6. The topological polar surface area (TPSA) is 72.9 Å². The van der Waals surface area contributed by atoms with Crippen molar-refractivity contribution < 1.29 is 9.59 Å². The lowest BCUT2D eigenvalue weighted by atomic mass is 9.50. The average molecular weight is 625 g/mol. The van der Waals surface area contributed by atoms with Crippen molar-refractivity contribution in [1.29, 1.82) is 0 Å². The van der Waals surface area contributed by atoms with Gasteiger partial charge in [-0.05, 0) is 99.2 Å². The second-order valence-corrected chi connectivity index (χ2v) is 15.9. The SMILES string of the molecule is C[C@H]1C[C@@H]2C(=CC[C@]3(C)[C@@H](C(=O)CN4CCN(c5cc(N6CCCC6)nc(N6CCCC6)n5)CC4)CC[C@@H]23)[C@@]2(C)C=CC(=O)C=C12. The molecular formula is C38H52N6O2. The first kappa shape index (κ1) is 30.3. The summed E-state index contributed by atoms with van der Waals surface area (Å²) in [5.74, 6) is 5.16. The Kier molecular flexibility index (Phi) is 7.65. The normalized spacial score (nSPS) is 36.0. The van der Waals surface area contributed by atoms with Crippen LogP contribution in [-0.4, -0.2) is 85.3 Å². The number of anilines is 3. The monoisotopic (exact) mass is 624 g/mol. The number of ketones is 2. The van der Waals surface area contributed by atoms with Crippen LogP contribution < -0.4 is 14.7 Å². The van der Waals surface area contributed by atoms with Crippen molar-refractivity contribution in [3.8, 4) is 0 Å². The largest absolute Gasteiger partial charge is 0.356 e. The van der Waals surface area contributed by atoms with Crippen molar-refractivity contribution in [3.05, 3.63) is 41.5 Å². The molecular weight excluding hydrogens is 572 g/mol. The zero-order valence-corrected chi connectivity index (χ0v) is 28.2. The standard InChI is InChI=1S/C38H52N6O2/c1-26-22-28-29-8-9-31(37(29,2)13-11-30(28)38(3)12-10-27(45)23-32(26)38)33(46)25-41-18-20-43(21-19-41)35-24-34(42-14-4-5-15-42)39-36(40-35)44-16-6-7-17-44/h10-12,23-24,26,28-29,31H,4-9,13-22,25H2,1-3H3/t26-,28-,29-,31+,37-,38+/m0/s1. The Labute approximate surface area is 275 Å². The molecule has 0 amide bonds. The van der Waals surface area contributed by atoms with Gasteiger partial charge >= 0.3 is 0 Å². The van der Waals surface area contributed by atoms with E-state index in [0.717, 1.165) is 95.6 Å². The summed E-state index contributed by atoms with van der Waals surface area (Å²) >= 11 is 0. The predicted molar refractivity (Wildman–Crippen MR) is 183 cm³/mol. The van der Waals surface area contributed by atoms with Crippen molar-refractivity contribution in [2.45, 2.75) is 72.1 Å². The smallest absolute Gasteiger partial charge is 0.229 e. The summed E-state index contributed by atoms with van der Waals surface area (Å²) in [5, 5.41) is 0. The molecule has 1 aromatic heterocycles. The number of aromatic nitrogens is 2. The van der Waals surface area contributed by atoms with Crippen molar-refractivity contribution >= 4 is 29.2 Å². The number of carbonyl (C=O) groups is 2. The van der Waals surface area contributed by atoms with Crippen molar-refractivity contribution in [3.63, 3.8) is 0 Å². The van der Waals surface area contributed by atoms with Gasteiger partial charge in [0.2, 0.25) is 5.95 Å². The fourth-order valence-corrected chi connectivity index (χ4v) is 10.7. The highest BCUT2D eigenvalue weighted by Crippen LogP contribution is 2.64. The van der Waals surface area contributed by atoms with Crippen LogP contribution in [0.2, 0.25) is 0 Å². The van der Waals surface area contributed by atoms with E-state index in [4.69, 9.17) is 9.97 Å². The van der Waals surface area contributed by atoms with Crippen LogP contribution in [0.1, 0.15) is 72.1 Å². The maximum atomic E-state index is 14.1. The first-order valence-corrected chi connectivity index (χ1v) is 18.3. The third-order valence-electron chi connectivity index (χ3n) is 13.2. The number of piperazine rings is 1. The van der Waals surface area contributed by atoms with Crippen LogP contribution in [0.25, 0.3) is 0 Å². The van der Waals surface area contributed by atoms with E-state index in [2.05, 4.69) is 58.6 Å². The van der Waals surface area contributed by atoms with Crippen LogP contribution in [0.3, 0.4) is 0 Å². The van der Waals surface area contributed by atoms with Crippen LogP contribution in [0, 0.1) is 34.5 Å². The van der Waals surface area contributed by atoms with Gasteiger partial charge in [0, 0.05) is 69.8 Å². The minimum atomic E-state index is -0.145. The van der Waals surface area contributed by atoms with Gasteiger partial charge in [-0.3, -0.25) is 14.5 Å². The van der Waals surface area contributed by atoms with Gasteiger partial charge in [-0.1, -0.05) is 31.6 Å². The zero-order chi connectivity index (χ0) is 31.6. The van der Waals surface area contributed by atoms with Crippen LogP contribution in [0.4, 0.5) is 17.6 Å². The molecule has 7 aliphatic rings. The molecule has 5 fully saturated rings. The molecule has 0 radical (unpaired) electrons. The van der Waals surface area contributed by atoms with Gasteiger partial charge in [0.05, 0.1) is 6.54 Å². The average Bonchev–Trinajstić information content (AvgIpc) is 3.84. The molecule has 0 N–H and O–H groups in total. The highest BCUT2D eigenvalue weighted by molar-refractivity contribution is 6.01. The fraction of sp³-hybridized carbons (Fsp3) is 0.684. The summed E-state index contributed by atoms with van der Waals surface area (Å²) in [6.45, 7) is 15.4. The molecule has 46 heavy (non-hydrogen) atoms. The number of nitrogens with zero attached hydrogens (tertiary/aromatic N) is 6. The second-order valence-electron chi connectivity index (χ2n) is 15.9. The third kappa shape index (κ3) is 5.05. The minimum Gasteiger partial charge on any atom is -0.356 e.